The minimum absolute atomic E-state index is 0.305. The summed E-state index contributed by atoms with van der Waals surface area (Å²) in [6.45, 7) is 3.42. The Bertz CT molecular complexity index is 1280. The summed E-state index contributed by atoms with van der Waals surface area (Å²) in [5, 5.41) is 12.3. The highest BCUT2D eigenvalue weighted by Crippen LogP contribution is 2.39. The zero-order valence-electron chi connectivity index (χ0n) is 19.8. The van der Waals surface area contributed by atoms with Gasteiger partial charge in [0.2, 0.25) is 0 Å². The smallest absolute Gasteiger partial charge is 0.132 e. The molecule has 1 aliphatic heterocycles. The van der Waals surface area contributed by atoms with Crippen LogP contribution in [0.25, 0.3) is 27.3 Å². The topological polar surface area (TPSA) is 71.6 Å². The number of nitrogens with two attached hydrogens (primary N) is 1. The molecule has 0 radical (unpaired) electrons. The molecule has 180 valence electrons. The van der Waals surface area contributed by atoms with E-state index in [0.29, 0.717) is 18.3 Å². The predicted molar refractivity (Wildman–Crippen MR) is 146 cm³/mol. The molecule has 3 heterocycles. The first-order valence-electron chi connectivity index (χ1n) is 12.2. The summed E-state index contributed by atoms with van der Waals surface area (Å²) < 4.78 is 7.10. The first kappa shape index (κ1) is 23.5. The molecule has 0 spiro atoms. The number of nitrogens with zero attached hydrogens (tertiary/aromatic N) is 2. The van der Waals surface area contributed by atoms with E-state index in [4.69, 9.17) is 15.6 Å². The van der Waals surface area contributed by atoms with Crippen molar-refractivity contribution in [2.45, 2.75) is 19.3 Å². The molecule has 0 unspecified atom stereocenters. The van der Waals surface area contributed by atoms with Crippen molar-refractivity contribution in [3.63, 3.8) is 0 Å². The molecule has 0 saturated carbocycles. The number of anilines is 1. The Morgan fingerprint density at radius 2 is 1.80 bits per heavy atom. The van der Waals surface area contributed by atoms with Gasteiger partial charge in [-0.2, -0.15) is 0 Å². The Kier molecular flexibility index (Phi) is 7.42. The molecule has 35 heavy (non-hydrogen) atoms. The van der Waals surface area contributed by atoms with Crippen LogP contribution in [0.4, 0.5) is 5.82 Å². The number of pyridine rings is 1. The van der Waals surface area contributed by atoms with Gasteiger partial charge >= 0.3 is 0 Å². The van der Waals surface area contributed by atoms with E-state index >= 15 is 0 Å². The SMILES string of the molecule is Nc1ncc(/C=C/CN2CCC(CCO)CC2)c2scc(-c3ccc(Oc4ccccc4)cc3)c12. The number of likely N-dealkylation sites (tertiary alicyclic amines) is 1. The molecule has 4 aromatic rings. The molecule has 0 aliphatic carbocycles. The number of para-hydroxylation sites is 1. The number of benzene rings is 2. The molecule has 1 saturated heterocycles. The third-order valence-corrected chi connectivity index (χ3v) is 7.73. The van der Waals surface area contributed by atoms with Gasteiger partial charge in [-0.25, -0.2) is 4.98 Å². The van der Waals surface area contributed by atoms with E-state index in [1.807, 2.05) is 48.7 Å². The average molecular weight is 486 g/mol. The summed E-state index contributed by atoms with van der Waals surface area (Å²) in [4.78, 5) is 6.98. The van der Waals surface area contributed by atoms with Crippen LogP contribution in [0.2, 0.25) is 0 Å². The monoisotopic (exact) mass is 485 g/mol. The van der Waals surface area contributed by atoms with Crippen LogP contribution in [0.1, 0.15) is 24.8 Å². The van der Waals surface area contributed by atoms with Crippen LogP contribution >= 0.6 is 11.3 Å². The van der Waals surface area contributed by atoms with Crippen molar-refractivity contribution in [1.29, 1.82) is 0 Å². The summed E-state index contributed by atoms with van der Waals surface area (Å²) in [5.41, 5.74) is 9.64. The minimum Gasteiger partial charge on any atom is -0.457 e. The Morgan fingerprint density at radius 3 is 2.54 bits per heavy atom. The first-order valence-corrected chi connectivity index (χ1v) is 13.1. The van der Waals surface area contributed by atoms with Gasteiger partial charge in [-0.1, -0.05) is 42.5 Å². The second kappa shape index (κ2) is 11.0. The van der Waals surface area contributed by atoms with Crippen molar-refractivity contribution in [2.75, 3.05) is 32.0 Å². The Balaban J connectivity index is 1.30. The Hall–Kier alpha value is -3.19. The van der Waals surface area contributed by atoms with E-state index in [-0.39, 0.29) is 0 Å². The molecule has 1 fully saturated rings. The highest BCUT2D eigenvalue weighted by molar-refractivity contribution is 7.18. The van der Waals surface area contributed by atoms with Crippen molar-refractivity contribution < 1.29 is 9.84 Å². The van der Waals surface area contributed by atoms with Crippen LogP contribution in [-0.2, 0) is 0 Å². The van der Waals surface area contributed by atoms with E-state index in [1.54, 1.807) is 11.3 Å². The molecule has 0 atom stereocenters. The van der Waals surface area contributed by atoms with Crippen LogP contribution in [0, 0.1) is 5.92 Å². The van der Waals surface area contributed by atoms with Crippen LogP contribution < -0.4 is 10.5 Å². The third-order valence-electron chi connectivity index (χ3n) is 6.70. The number of thiophene rings is 1. The van der Waals surface area contributed by atoms with Gasteiger partial charge in [0, 0.05) is 40.6 Å². The number of hydrogen-bond donors (Lipinski definition) is 2. The molecule has 2 aromatic heterocycles. The number of piperidine rings is 1. The van der Waals surface area contributed by atoms with Crippen LogP contribution in [-0.4, -0.2) is 41.2 Å². The summed E-state index contributed by atoms with van der Waals surface area (Å²) >= 11 is 1.71. The van der Waals surface area contributed by atoms with Crippen molar-refractivity contribution in [1.82, 2.24) is 9.88 Å². The van der Waals surface area contributed by atoms with Gasteiger partial charge in [0.15, 0.2) is 0 Å². The molecule has 0 bridgehead atoms. The predicted octanol–water partition coefficient (Wildman–Crippen LogP) is 6.45. The molecule has 5 rings (SSSR count). The lowest BCUT2D eigenvalue weighted by Gasteiger charge is -2.30. The zero-order valence-corrected chi connectivity index (χ0v) is 20.6. The number of aliphatic hydroxyl groups excluding tert-OH is 1. The van der Waals surface area contributed by atoms with Crippen molar-refractivity contribution >= 4 is 33.3 Å². The molecule has 6 heteroatoms. The molecule has 5 nitrogen and oxygen atoms in total. The lowest BCUT2D eigenvalue weighted by molar-refractivity contribution is 0.169. The number of nitrogen functional groups attached to an aromatic ring is 1. The quantitative estimate of drug-likeness (QED) is 0.300. The zero-order chi connectivity index (χ0) is 24.0. The Labute approximate surface area is 210 Å². The molecule has 2 aromatic carbocycles. The van der Waals surface area contributed by atoms with E-state index in [2.05, 4.69) is 39.5 Å². The summed E-state index contributed by atoms with van der Waals surface area (Å²) in [7, 11) is 0. The molecule has 0 amide bonds. The fraction of sp³-hybridized carbons (Fsp3) is 0.276. The van der Waals surface area contributed by atoms with Gasteiger partial charge in [0.05, 0.1) is 0 Å². The number of ether oxygens (including phenoxy) is 1. The van der Waals surface area contributed by atoms with Crippen LogP contribution in [0.15, 0.2) is 72.3 Å². The second-order valence-electron chi connectivity index (χ2n) is 9.05. The van der Waals surface area contributed by atoms with Crippen molar-refractivity contribution in [3.8, 4) is 22.6 Å². The molecule has 3 N–H and O–H groups in total. The number of fused-ring (bicyclic) bond motifs is 1. The van der Waals surface area contributed by atoms with E-state index < -0.39 is 0 Å². The number of rotatable bonds is 8. The minimum atomic E-state index is 0.305. The summed E-state index contributed by atoms with van der Waals surface area (Å²) in [6.07, 6.45) is 9.55. The van der Waals surface area contributed by atoms with Crippen LogP contribution in [0.3, 0.4) is 0 Å². The average Bonchev–Trinajstić information content (AvgIpc) is 3.34. The summed E-state index contributed by atoms with van der Waals surface area (Å²) in [6, 6.07) is 17.9. The fourth-order valence-electron chi connectivity index (χ4n) is 4.71. The lowest BCUT2D eigenvalue weighted by atomic mass is 9.94. The van der Waals surface area contributed by atoms with Gasteiger partial charge in [0.25, 0.3) is 0 Å². The fourth-order valence-corrected chi connectivity index (χ4v) is 5.79. The van der Waals surface area contributed by atoms with E-state index in [1.165, 1.54) is 12.8 Å². The molecular formula is C29H31N3O2S. The number of aliphatic hydroxyl groups is 1. The largest absolute Gasteiger partial charge is 0.457 e. The van der Waals surface area contributed by atoms with Gasteiger partial charge in [0.1, 0.15) is 17.3 Å². The number of hydrogen-bond acceptors (Lipinski definition) is 6. The first-order chi connectivity index (χ1) is 17.2. The van der Waals surface area contributed by atoms with E-state index in [9.17, 15) is 0 Å². The molecule has 1 aliphatic rings. The third kappa shape index (κ3) is 5.56. The van der Waals surface area contributed by atoms with E-state index in [0.717, 1.165) is 64.3 Å². The van der Waals surface area contributed by atoms with Gasteiger partial charge in [-0.05, 0) is 73.5 Å². The second-order valence-corrected chi connectivity index (χ2v) is 9.93. The maximum Gasteiger partial charge on any atom is 0.132 e. The lowest BCUT2D eigenvalue weighted by Crippen LogP contribution is -2.34. The standard InChI is InChI=1S/C29H31N3O2S/c30-29-27-26(22-8-10-25(11-9-22)34-24-6-2-1-3-7-24)20-35-28(27)23(19-31-29)5-4-15-32-16-12-21(13-17-32)14-18-33/h1-11,19-21,33H,12-18H2,(H2,30,31)/b5-4+. The molecular weight excluding hydrogens is 454 g/mol. The number of aromatic nitrogens is 1. The van der Waals surface area contributed by atoms with Crippen LogP contribution in [0.5, 0.6) is 11.5 Å². The van der Waals surface area contributed by atoms with Gasteiger partial charge < -0.3 is 15.6 Å². The highest BCUT2D eigenvalue weighted by Gasteiger charge is 2.18. The maximum atomic E-state index is 9.15. The van der Waals surface area contributed by atoms with Crippen molar-refractivity contribution in [3.05, 3.63) is 77.8 Å². The van der Waals surface area contributed by atoms with Crippen molar-refractivity contribution in [2.24, 2.45) is 5.92 Å². The normalized spacial score (nSPS) is 15.2. The van der Waals surface area contributed by atoms with Gasteiger partial charge in [-0.3, -0.25) is 4.90 Å². The highest BCUT2D eigenvalue weighted by atomic mass is 32.1. The Morgan fingerprint density at radius 1 is 1.06 bits per heavy atom. The summed E-state index contributed by atoms with van der Waals surface area (Å²) in [5.74, 6) is 2.85. The van der Waals surface area contributed by atoms with Gasteiger partial charge in [-0.15, -0.1) is 11.3 Å². The maximum absolute atomic E-state index is 9.15.